The zero-order chi connectivity index (χ0) is 29.9. The van der Waals surface area contributed by atoms with Crippen molar-refractivity contribution >= 4 is 52.9 Å². The van der Waals surface area contributed by atoms with Crippen LogP contribution in [-0.4, -0.2) is 35.5 Å². The minimum Gasteiger partial charge on any atom is -0.465 e. The van der Waals surface area contributed by atoms with Crippen molar-refractivity contribution in [3.05, 3.63) is 120 Å². The first-order chi connectivity index (χ1) is 20.3. The van der Waals surface area contributed by atoms with Crippen molar-refractivity contribution in [2.45, 2.75) is 24.0 Å². The Morgan fingerprint density at radius 1 is 0.857 bits per heavy atom. The van der Waals surface area contributed by atoms with E-state index in [2.05, 4.69) is 16.0 Å². The lowest BCUT2D eigenvalue weighted by atomic mass is 10.2. The zero-order valence-electron chi connectivity index (χ0n) is 23.0. The van der Waals surface area contributed by atoms with Crippen molar-refractivity contribution in [3.8, 4) is 0 Å². The molecular formula is C32H29N3O6S. The minimum absolute atomic E-state index is 0.00131. The van der Waals surface area contributed by atoms with E-state index in [-0.39, 0.29) is 18.2 Å². The van der Waals surface area contributed by atoms with E-state index in [0.29, 0.717) is 28.3 Å². The number of carbonyl (C=O) groups excluding carboxylic acids is 4. The molecule has 214 valence electrons. The molecule has 3 aromatic carbocycles. The molecule has 3 N–H and O–H groups in total. The lowest BCUT2D eigenvalue weighted by molar-refractivity contribution is -0.115. The smallest absolute Gasteiger partial charge is 0.338 e. The average Bonchev–Trinajstić information content (AvgIpc) is 3.51. The normalized spacial score (nSPS) is 11.7. The summed E-state index contributed by atoms with van der Waals surface area (Å²) in [6.07, 6.45) is 2.91. The summed E-state index contributed by atoms with van der Waals surface area (Å²) in [7, 11) is 0. The van der Waals surface area contributed by atoms with Crippen LogP contribution in [0, 0.1) is 0 Å². The fourth-order valence-corrected chi connectivity index (χ4v) is 4.64. The Hall–Kier alpha value is -5.09. The van der Waals surface area contributed by atoms with Crippen molar-refractivity contribution in [2.75, 3.05) is 17.2 Å². The molecule has 10 heteroatoms. The number of furan rings is 1. The van der Waals surface area contributed by atoms with Crippen LogP contribution >= 0.6 is 11.8 Å². The number of benzene rings is 3. The minimum atomic E-state index is -0.546. The van der Waals surface area contributed by atoms with Crippen LogP contribution < -0.4 is 16.0 Å². The van der Waals surface area contributed by atoms with Crippen LogP contribution in [0.4, 0.5) is 11.4 Å². The fraction of sp³-hybridized carbons (Fsp3) is 0.125. The first-order valence-electron chi connectivity index (χ1n) is 13.1. The molecule has 0 saturated carbocycles. The molecule has 1 heterocycles. The molecule has 0 aliphatic carbocycles. The van der Waals surface area contributed by atoms with Gasteiger partial charge in [0.2, 0.25) is 5.91 Å². The van der Waals surface area contributed by atoms with E-state index in [1.54, 1.807) is 98.8 Å². The summed E-state index contributed by atoms with van der Waals surface area (Å²) in [5.74, 6) is -1.25. The highest BCUT2D eigenvalue weighted by Crippen LogP contribution is 2.27. The molecule has 0 aliphatic rings. The van der Waals surface area contributed by atoms with Crippen LogP contribution in [0.15, 0.2) is 112 Å². The number of rotatable bonds is 11. The Balaban J connectivity index is 1.40. The summed E-state index contributed by atoms with van der Waals surface area (Å²) < 4.78 is 10.3. The van der Waals surface area contributed by atoms with E-state index in [1.807, 2.05) is 6.07 Å². The van der Waals surface area contributed by atoms with Crippen LogP contribution in [-0.2, 0) is 14.3 Å². The van der Waals surface area contributed by atoms with Gasteiger partial charge in [0.05, 0.1) is 23.7 Å². The molecule has 1 aromatic heterocycles. The predicted octanol–water partition coefficient (Wildman–Crippen LogP) is 5.99. The number of amides is 3. The third-order valence-corrected chi connectivity index (χ3v) is 6.89. The van der Waals surface area contributed by atoms with Gasteiger partial charge in [-0.25, -0.2) is 4.79 Å². The molecule has 0 spiro atoms. The molecule has 4 rings (SSSR count). The maximum atomic E-state index is 13.2. The van der Waals surface area contributed by atoms with Gasteiger partial charge in [-0.15, -0.1) is 11.8 Å². The van der Waals surface area contributed by atoms with Crippen molar-refractivity contribution in [3.63, 3.8) is 0 Å². The van der Waals surface area contributed by atoms with Crippen LogP contribution in [0.25, 0.3) is 6.08 Å². The molecule has 0 fully saturated rings. The lowest BCUT2D eigenvalue weighted by Crippen LogP contribution is -2.30. The second-order valence-corrected chi connectivity index (χ2v) is 10.3. The first-order valence-corrected chi connectivity index (χ1v) is 14.0. The number of hydrogen-bond donors (Lipinski definition) is 3. The molecule has 4 aromatic rings. The third-order valence-electron chi connectivity index (χ3n) is 5.80. The summed E-state index contributed by atoms with van der Waals surface area (Å²) in [4.78, 5) is 51.4. The van der Waals surface area contributed by atoms with Gasteiger partial charge in [0.25, 0.3) is 11.8 Å². The van der Waals surface area contributed by atoms with Crippen molar-refractivity contribution < 1.29 is 28.3 Å². The molecular weight excluding hydrogens is 554 g/mol. The van der Waals surface area contributed by atoms with Gasteiger partial charge in [0, 0.05) is 27.9 Å². The molecule has 0 aliphatic heterocycles. The Kier molecular flexibility index (Phi) is 10.3. The van der Waals surface area contributed by atoms with Gasteiger partial charge < -0.3 is 25.1 Å². The quantitative estimate of drug-likeness (QED) is 0.113. The second kappa shape index (κ2) is 14.5. The number of hydrogen-bond acceptors (Lipinski definition) is 7. The fourth-order valence-electron chi connectivity index (χ4n) is 3.71. The van der Waals surface area contributed by atoms with Gasteiger partial charge in [-0.05, 0) is 80.6 Å². The van der Waals surface area contributed by atoms with Crippen molar-refractivity contribution in [2.24, 2.45) is 0 Å². The topological polar surface area (TPSA) is 127 Å². The highest BCUT2D eigenvalue weighted by atomic mass is 32.2. The molecule has 0 radical (unpaired) electrons. The standard InChI is InChI=1S/C32H29N3O6S/c1-3-40-32(39)23-14-16-24(17-15-23)33-29(36)21(2)42-27-13-7-11-25(19-27)34-31(38)28(20-26-12-8-18-41-26)35-30(37)22-9-5-4-6-10-22/h4-21H,3H2,1-2H3,(H,33,36)(H,34,38)(H,35,37)/b28-20-. The molecule has 1 unspecified atom stereocenters. The number of esters is 1. The van der Waals surface area contributed by atoms with Crippen LogP contribution in [0.5, 0.6) is 0 Å². The largest absolute Gasteiger partial charge is 0.465 e. The highest BCUT2D eigenvalue weighted by Gasteiger charge is 2.18. The van der Waals surface area contributed by atoms with Gasteiger partial charge >= 0.3 is 5.97 Å². The summed E-state index contributed by atoms with van der Waals surface area (Å²) in [6.45, 7) is 3.78. The lowest BCUT2D eigenvalue weighted by Gasteiger charge is -2.14. The predicted molar refractivity (Wildman–Crippen MR) is 162 cm³/mol. The van der Waals surface area contributed by atoms with Gasteiger partial charge in [-0.3, -0.25) is 14.4 Å². The van der Waals surface area contributed by atoms with Crippen LogP contribution in [0.1, 0.15) is 40.3 Å². The molecule has 0 saturated heterocycles. The highest BCUT2D eigenvalue weighted by molar-refractivity contribution is 8.00. The maximum absolute atomic E-state index is 13.2. The molecule has 42 heavy (non-hydrogen) atoms. The van der Waals surface area contributed by atoms with E-state index in [9.17, 15) is 19.2 Å². The van der Waals surface area contributed by atoms with Gasteiger partial charge in [0.1, 0.15) is 11.5 Å². The van der Waals surface area contributed by atoms with Gasteiger partial charge in [-0.2, -0.15) is 0 Å². The maximum Gasteiger partial charge on any atom is 0.338 e. The summed E-state index contributed by atoms with van der Waals surface area (Å²) in [6, 6.07) is 25.4. The molecule has 9 nitrogen and oxygen atoms in total. The number of carbonyl (C=O) groups is 4. The van der Waals surface area contributed by atoms with Gasteiger partial charge in [0.15, 0.2) is 0 Å². The molecule has 1 atom stereocenters. The van der Waals surface area contributed by atoms with Crippen LogP contribution in [0.2, 0.25) is 0 Å². The van der Waals surface area contributed by atoms with Crippen molar-refractivity contribution in [1.29, 1.82) is 0 Å². The second-order valence-electron chi connectivity index (χ2n) is 8.92. The number of thioether (sulfide) groups is 1. The van der Waals surface area contributed by atoms with E-state index in [0.717, 1.165) is 4.90 Å². The van der Waals surface area contributed by atoms with E-state index in [4.69, 9.17) is 9.15 Å². The van der Waals surface area contributed by atoms with Crippen LogP contribution in [0.3, 0.4) is 0 Å². The SMILES string of the molecule is CCOC(=O)c1ccc(NC(=O)C(C)Sc2cccc(NC(=O)/C(=C/c3ccco3)NC(=O)c3ccccc3)c2)cc1. The Bertz CT molecular complexity index is 1570. The average molecular weight is 584 g/mol. The van der Waals surface area contributed by atoms with Gasteiger partial charge in [-0.1, -0.05) is 24.3 Å². The Labute approximate surface area is 247 Å². The Morgan fingerprint density at radius 2 is 1.62 bits per heavy atom. The summed E-state index contributed by atoms with van der Waals surface area (Å²) in [5.41, 5.74) is 1.83. The number of nitrogens with one attached hydrogen (secondary N) is 3. The molecule has 3 amide bonds. The zero-order valence-corrected chi connectivity index (χ0v) is 23.8. The first kappa shape index (κ1) is 29.9. The van der Waals surface area contributed by atoms with E-state index < -0.39 is 23.0 Å². The number of ether oxygens (including phenoxy) is 1. The third kappa shape index (κ3) is 8.45. The summed E-state index contributed by atoms with van der Waals surface area (Å²) >= 11 is 1.31. The summed E-state index contributed by atoms with van der Waals surface area (Å²) in [5, 5.41) is 7.83. The number of anilines is 2. The van der Waals surface area contributed by atoms with Crippen molar-refractivity contribution in [1.82, 2.24) is 5.32 Å². The Morgan fingerprint density at radius 3 is 2.31 bits per heavy atom. The van der Waals surface area contributed by atoms with E-state index >= 15 is 0 Å². The molecule has 0 bridgehead atoms. The monoisotopic (exact) mass is 583 g/mol. The van der Waals surface area contributed by atoms with E-state index in [1.165, 1.54) is 24.1 Å².